The Hall–Kier alpha value is -0.900. The van der Waals surface area contributed by atoms with Gasteiger partial charge in [0.15, 0.2) is 0 Å². The fraction of sp³-hybridized carbons (Fsp3) is 0.867. The lowest BCUT2D eigenvalue weighted by atomic mass is 9.93. The van der Waals surface area contributed by atoms with Gasteiger partial charge < -0.3 is 0 Å². The standard InChI is InChI=1S/C15H28N4/c1-14(2,3)13-11-19(17-16-13)12-7-9-18(10-8-12)15(4,5)6/h11-12H,7-10H2,1-6H3. The van der Waals surface area contributed by atoms with E-state index in [0.29, 0.717) is 6.04 Å². The maximum atomic E-state index is 4.34. The van der Waals surface area contributed by atoms with Crippen molar-refractivity contribution in [1.82, 2.24) is 19.9 Å². The predicted molar refractivity (Wildman–Crippen MR) is 78.3 cm³/mol. The summed E-state index contributed by atoms with van der Waals surface area (Å²) in [5.74, 6) is 0. The third kappa shape index (κ3) is 3.35. The summed E-state index contributed by atoms with van der Waals surface area (Å²) in [4.78, 5) is 2.56. The van der Waals surface area contributed by atoms with Crippen molar-refractivity contribution < 1.29 is 0 Å². The zero-order valence-corrected chi connectivity index (χ0v) is 13.3. The van der Waals surface area contributed by atoms with Gasteiger partial charge >= 0.3 is 0 Å². The van der Waals surface area contributed by atoms with Crippen LogP contribution in [0.25, 0.3) is 0 Å². The number of rotatable bonds is 1. The smallest absolute Gasteiger partial charge is 0.0880 e. The van der Waals surface area contributed by atoms with Crippen LogP contribution in [0.1, 0.15) is 66.1 Å². The summed E-state index contributed by atoms with van der Waals surface area (Å²) in [6.45, 7) is 15.7. The van der Waals surface area contributed by atoms with Crippen molar-refractivity contribution in [2.24, 2.45) is 0 Å². The SMILES string of the molecule is CC(C)(C)c1cn(C2CCN(C(C)(C)C)CC2)nn1. The molecule has 2 rings (SSSR count). The number of piperidine rings is 1. The van der Waals surface area contributed by atoms with Crippen molar-refractivity contribution in [3.63, 3.8) is 0 Å². The van der Waals surface area contributed by atoms with Crippen LogP contribution < -0.4 is 0 Å². The van der Waals surface area contributed by atoms with Gasteiger partial charge in [-0.3, -0.25) is 4.90 Å². The highest BCUT2D eigenvalue weighted by Gasteiger charge is 2.28. The van der Waals surface area contributed by atoms with Crippen LogP contribution >= 0.6 is 0 Å². The van der Waals surface area contributed by atoms with Crippen LogP contribution in [0.4, 0.5) is 0 Å². The van der Waals surface area contributed by atoms with Crippen LogP contribution in [0.5, 0.6) is 0 Å². The highest BCUT2D eigenvalue weighted by Crippen LogP contribution is 2.27. The predicted octanol–water partition coefficient (Wildman–Crippen LogP) is 3.01. The summed E-state index contributed by atoms with van der Waals surface area (Å²) in [6, 6.07) is 0.516. The second-order valence-electron chi connectivity index (χ2n) is 7.72. The third-order valence-electron chi connectivity index (χ3n) is 4.07. The van der Waals surface area contributed by atoms with Gasteiger partial charge in [0.2, 0.25) is 0 Å². The van der Waals surface area contributed by atoms with E-state index in [1.807, 2.05) is 0 Å². The van der Waals surface area contributed by atoms with E-state index in [-0.39, 0.29) is 11.0 Å². The molecule has 0 radical (unpaired) electrons. The van der Waals surface area contributed by atoms with Gasteiger partial charge in [-0.15, -0.1) is 5.10 Å². The van der Waals surface area contributed by atoms with Crippen molar-refractivity contribution in [2.45, 2.75) is 71.4 Å². The first-order valence-corrected chi connectivity index (χ1v) is 7.35. The molecule has 0 bridgehead atoms. The summed E-state index contributed by atoms with van der Waals surface area (Å²) in [5, 5.41) is 8.67. The number of hydrogen-bond acceptors (Lipinski definition) is 3. The molecule has 0 aliphatic carbocycles. The molecular weight excluding hydrogens is 236 g/mol. The lowest BCUT2D eigenvalue weighted by molar-refractivity contribution is 0.0866. The topological polar surface area (TPSA) is 34.0 Å². The fourth-order valence-corrected chi connectivity index (χ4v) is 2.60. The van der Waals surface area contributed by atoms with Crippen LogP contribution in [0.3, 0.4) is 0 Å². The average molecular weight is 264 g/mol. The summed E-state index contributed by atoms with van der Waals surface area (Å²) in [7, 11) is 0. The fourth-order valence-electron chi connectivity index (χ4n) is 2.60. The lowest BCUT2D eigenvalue weighted by Gasteiger charge is -2.40. The van der Waals surface area contributed by atoms with E-state index in [1.54, 1.807) is 0 Å². The van der Waals surface area contributed by atoms with Crippen molar-refractivity contribution in [2.75, 3.05) is 13.1 Å². The molecule has 1 aliphatic rings. The first kappa shape index (κ1) is 14.5. The quantitative estimate of drug-likeness (QED) is 0.782. The maximum absolute atomic E-state index is 4.34. The normalized spacial score (nSPS) is 19.9. The summed E-state index contributed by atoms with van der Waals surface area (Å²) >= 11 is 0. The zero-order valence-electron chi connectivity index (χ0n) is 13.3. The summed E-state index contributed by atoms with van der Waals surface area (Å²) in [5.41, 5.74) is 1.46. The molecule has 1 aromatic heterocycles. The Morgan fingerprint density at radius 2 is 1.63 bits per heavy atom. The Morgan fingerprint density at radius 3 is 2.05 bits per heavy atom. The first-order valence-electron chi connectivity index (χ1n) is 7.35. The Balaban J connectivity index is 2.00. The van der Waals surface area contributed by atoms with E-state index < -0.39 is 0 Å². The molecule has 1 fully saturated rings. The second kappa shape index (κ2) is 4.89. The van der Waals surface area contributed by atoms with Gasteiger partial charge in [0.1, 0.15) is 0 Å². The molecule has 0 aromatic carbocycles. The van der Waals surface area contributed by atoms with E-state index in [4.69, 9.17) is 0 Å². The van der Waals surface area contributed by atoms with Crippen molar-refractivity contribution in [1.29, 1.82) is 0 Å². The molecule has 0 saturated carbocycles. The van der Waals surface area contributed by atoms with Gasteiger partial charge in [-0.25, -0.2) is 4.68 Å². The minimum atomic E-state index is 0.0877. The highest BCUT2D eigenvalue weighted by atomic mass is 15.4. The molecule has 19 heavy (non-hydrogen) atoms. The maximum Gasteiger partial charge on any atom is 0.0880 e. The van der Waals surface area contributed by atoms with Crippen LogP contribution in [0.2, 0.25) is 0 Å². The molecule has 4 heteroatoms. The van der Waals surface area contributed by atoms with Crippen molar-refractivity contribution in [3.05, 3.63) is 11.9 Å². The summed E-state index contributed by atoms with van der Waals surface area (Å²) < 4.78 is 2.08. The molecule has 0 N–H and O–H groups in total. The number of aromatic nitrogens is 3. The Kier molecular flexibility index (Phi) is 3.74. The van der Waals surface area contributed by atoms with E-state index >= 15 is 0 Å². The lowest BCUT2D eigenvalue weighted by Crippen LogP contribution is -2.46. The van der Waals surface area contributed by atoms with Gasteiger partial charge in [0, 0.05) is 30.2 Å². The molecular formula is C15H28N4. The molecule has 0 amide bonds. The molecule has 2 heterocycles. The molecule has 0 atom stereocenters. The molecule has 0 spiro atoms. The molecule has 0 unspecified atom stereocenters. The molecule has 108 valence electrons. The third-order valence-corrected chi connectivity index (χ3v) is 4.07. The van der Waals surface area contributed by atoms with Crippen molar-refractivity contribution in [3.8, 4) is 0 Å². The van der Waals surface area contributed by atoms with Gasteiger partial charge in [-0.2, -0.15) is 0 Å². The van der Waals surface area contributed by atoms with E-state index in [0.717, 1.165) is 18.8 Å². The van der Waals surface area contributed by atoms with Crippen LogP contribution in [-0.2, 0) is 5.41 Å². The molecule has 1 saturated heterocycles. The zero-order chi connectivity index (χ0) is 14.3. The van der Waals surface area contributed by atoms with Gasteiger partial charge in [0.05, 0.1) is 11.7 Å². The van der Waals surface area contributed by atoms with Crippen LogP contribution in [-0.4, -0.2) is 38.5 Å². The van der Waals surface area contributed by atoms with Gasteiger partial charge in [-0.1, -0.05) is 26.0 Å². The molecule has 1 aliphatic heterocycles. The minimum absolute atomic E-state index is 0.0877. The minimum Gasteiger partial charge on any atom is -0.298 e. The highest BCUT2D eigenvalue weighted by molar-refractivity contribution is 5.07. The molecule has 1 aromatic rings. The van der Waals surface area contributed by atoms with E-state index in [9.17, 15) is 0 Å². The van der Waals surface area contributed by atoms with Gasteiger partial charge in [-0.05, 0) is 33.6 Å². The second-order valence-corrected chi connectivity index (χ2v) is 7.72. The number of likely N-dealkylation sites (tertiary alicyclic amines) is 1. The Morgan fingerprint density at radius 1 is 1.05 bits per heavy atom. The van der Waals surface area contributed by atoms with E-state index in [1.165, 1.54) is 12.8 Å². The number of nitrogens with zero attached hydrogens (tertiary/aromatic N) is 4. The van der Waals surface area contributed by atoms with Crippen molar-refractivity contribution >= 4 is 0 Å². The Labute approximate surface area is 117 Å². The average Bonchev–Trinajstić information content (AvgIpc) is 2.77. The van der Waals surface area contributed by atoms with Crippen LogP contribution in [0, 0.1) is 0 Å². The largest absolute Gasteiger partial charge is 0.298 e. The van der Waals surface area contributed by atoms with Crippen LogP contribution in [0.15, 0.2) is 6.20 Å². The first-order chi connectivity index (χ1) is 8.68. The molecule has 4 nitrogen and oxygen atoms in total. The monoisotopic (exact) mass is 264 g/mol. The summed E-state index contributed by atoms with van der Waals surface area (Å²) in [6.07, 6.45) is 4.48. The number of hydrogen-bond donors (Lipinski definition) is 0. The Bertz CT molecular complexity index is 414. The van der Waals surface area contributed by atoms with Gasteiger partial charge in [0.25, 0.3) is 0 Å². The van der Waals surface area contributed by atoms with E-state index in [2.05, 4.69) is 67.6 Å².